The quantitative estimate of drug-likeness (QED) is 0.682. The normalized spacial score (nSPS) is 18.1. The first-order valence-corrected chi connectivity index (χ1v) is 10.1. The van der Waals surface area contributed by atoms with Gasteiger partial charge in [0.15, 0.2) is 0 Å². The van der Waals surface area contributed by atoms with Crippen LogP contribution in [-0.4, -0.2) is 17.8 Å². The second-order valence-electron chi connectivity index (χ2n) is 7.07. The molecule has 1 atom stereocenters. The zero-order chi connectivity index (χ0) is 19.6. The Bertz CT molecular complexity index is 926. The van der Waals surface area contributed by atoms with Crippen molar-refractivity contribution in [2.75, 3.05) is 7.05 Å². The number of hydrogen-bond donors (Lipinski definition) is 1. The molecule has 0 amide bonds. The lowest BCUT2D eigenvalue weighted by molar-refractivity contribution is -0.125. The van der Waals surface area contributed by atoms with Crippen molar-refractivity contribution >= 4 is 15.9 Å². The summed E-state index contributed by atoms with van der Waals surface area (Å²) >= 11 is 3.54. The first kappa shape index (κ1) is 18.7. The zero-order valence-electron chi connectivity index (χ0n) is 15.9. The van der Waals surface area contributed by atoms with Crippen LogP contribution in [0.4, 0.5) is 0 Å². The number of benzene rings is 2. The Morgan fingerprint density at radius 1 is 1.07 bits per heavy atom. The van der Waals surface area contributed by atoms with E-state index in [1.807, 2.05) is 30.4 Å². The highest BCUT2D eigenvalue weighted by Gasteiger charge is 2.44. The first-order chi connectivity index (χ1) is 13.6. The Balaban J connectivity index is 1.76. The Morgan fingerprint density at radius 3 is 2.46 bits per heavy atom. The van der Waals surface area contributed by atoms with Gasteiger partial charge in [-0.15, -0.1) is 0 Å². The number of ether oxygens (including phenoxy) is 2. The lowest BCUT2D eigenvalue weighted by atomic mass is 9.82. The topological polar surface area (TPSA) is 33.7 Å². The third kappa shape index (κ3) is 3.67. The van der Waals surface area contributed by atoms with E-state index >= 15 is 0 Å². The molecule has 2 aromatic carbocycles. The highest BCUT2D eigenvalue weighted by molar-refractivity contribution is 9.10. The minimum atomic E-state index is -0.904. The van der Waals surface area contributed by atoms with Crippen LogP contribution in [0.2, 0.25) is 0 Å². The van der Waals surface area contributed by atoms with Gasteiger partial charge in [-0.25, -0.2) is 0 Å². The molecule has 0 unspecified atom stereocenters. The lowest BCUT2D eigenvalue weighted by Gasteiger charge is -2.37. The standard InChI is InChI=1S/C23H23BrN2O2/c1-17-6-3-4-7-20(17)21(18-9-11-19(24)12-10-18)16-23(27-14-15-28-23)22-8-5-13-26(2)25-22/h3-15,21,25H,16H2,1-2H3/t21-/m1/s1. The summed E-state index contributed by atoms with van der Waals surface area (Å²) in [6.07, 6.45) is 9.82. The van der Waals surface area contributed by atoms with E-state index in [1.165, 1.54) is 16.7 Å². The van der Waals surface area contributed by atoms with Crippen molar-refractivity contribution in [3.05, 3.63) is 106 Å². The van der Waals surface area contributed by atoms with Crippen LogP contribution in [0.5, 0.6) is 0 Å². The fraction of sp³-hybridized carbons (Fsp3) is 0.217. The average molecular weight is 439 g/mol. The van der Waals surface area contributed by atoms with E-state index in [1.54, 1.807) is 12.5 Å². The minimum Gasteiger partial charge on any atom is -0.451 e. The van der Waals surface area contributed by atoms with E-state index in [9.17, 15) is 0 Å². The number of halogens is 1. The molecule has 4 nitrogen and oxygen atoms in total. The summed E-state index contributed by atoms with van der Waals surface area (Å²) in [7, 11) is 1.95. The summed E-state index contributed by atoms with van der Waals surface area (Å²) in [6.45, 7) is 2.15. The third-order valence-electron chi connectivity index (χ3n) is 5.16. The van der Waals surface area contributed by atoms with Crippen LogP contribution in [-0.2, 0) is 9.47 Å². The van der Waals surface area contributed by atoms with Gasteiger partial charge >= 0.3 is 0 Å². The Kier molecular flexibility index (Phi) is 5.18. The van der Waals surface area contributed by atoms with Crippen molar-refractivity contribution in [2.45, 2.75) is 25.0 Å². The van der Waals surface area contributed by atoms with Crippen LogP contribution in [0.25, 0.3) is 0 Å². The van der Waals surface area contributed by atoms with Crippen LogP contribution in [0.3, 0.4) is 0 Å². The van der Waals surface area contributed by atoms with E-state index in [0.717, 1.165) is 10.2 Å². The molecule has 0 bridgehead atoms. The number of nitrogens with zero attached hydrogens (tertiary/aromatic N) is 1. The maximum atomic E-state index is 6.06. The molecule has 0 radical (unpaired) electrons. The largest absolute Gasteiger partial charge is 0.451 e. The molecule has 0 fully saturated rings. The van der Waals surface area contributed by atoms with Gasteiger partial charge in [0.1, 0.15) is 18.2 Å². The second-order valence-corrected chi connectivity index (χ2v) is 7.99. The highest BCUT2D eigenvalue weighted by atomic mass is 79.9. The molecule has 1 N–H and O–H groups in total. The predicted molar refractivity (Wildman–Crippen MR) is 114 cm³/mol. The number of hydrazine groups is 1. The maximum absolute atomic E-state index is 6.06. The monoisotopic (exact) mass is 438 g/mol. The van der Waals surface area contributed by atoms with Crippen molar-refractivity contribution in [2.24, 2.45) is 0 Å². The van der Waals surface area contributed by atoms with Gasteiger partial charge in [-0.3, -0.25) is 10.4 Å². The molecule has 28 heavy (non-hydrogen) atoms. The van der Waals surface area contributed by atoms with Gasteiger partial charge in [0, 0.05) is 30.1 Å². The molecular formula is C23H23BrN2O2. The predicted octanol–water partition coefficient (Wildman–Crippen LogP) is 5.34. The maximum Gasteiger partial charge on any atom is 0.293 e. The van der Waals surface area contributed by atoms with Gasteiger partial charge in [-0.1, -0.05) is 52.3 Å². The molecule has 2 heterocycles. The summed E-state index contributed by atoms with van der Waals surface area (Å²) in [5.74, 6) is -0.799. The zero-order valence-corrected chi connectivity index (χ0v) is 17.5. The second kappa shape index (κ2) is 7.76. The minimum absolute atomic E-state index is 0.105. The van der Waals surface area contributed by atoms with Gasteiger partial charge in [0.25, 0.3) is 5.79 Å². The summed E-state index contributed by atoms with van der Waals surface area (Å²) in [5, 5.41) is 1.89. The lowest BCUT2D eigenvalue weighted by Crippen LogP contribution is -2.45. The Morgan fingerprint density at radius 2 is 1.79 bits per heavy atom. The van der Waals surface area contributed by atoms with Gasteiger partial charge in [0.05, 0.1) is 0 Å². The first-order valence-electron chi connectivity index (χ1n) is 9.27. The van der Waals surface area contributed by atoms with Crippen LogP contribution >= 0.6 is 15.9 Å². The Hall–Kier alpha value is -2.66. The molecular weight excluding hydrogens is 416 g/mol. The van der Waals surface area contributed by atoms with Gasteiger partial charge in [0.2, 0.25) is 0 Å². The third-order valence-corrected chi connectivity index (χ3v) is 5.69. The average Bonchev–Trinajstić information content (AvgIpc) is 3.18. The van der Waals surface area contributed by atoms with Crippen molar-refractivity contribution in [3.63, 3.8) is 0 Å². The van der Waals surface area contributed by atoms with Gasteiger partial charge in [-0.05, 0) is 47.9 Å². The van der Waals surface area contributed by atoms with Crippen molar-refractivity contribution < 1.29 is 9.47 Å². The summed E-state index contributed by atoms with van der Waals surface area (Å²) < 4.78 is 13.2. The van der Waals surface area contributed by atoms with E-state index in [-0.39, 0.29) is 5.92 Å². The number of aryl methyl sites for hydroxylation is 1. The summed E-state index contributed by atoms with van der Waals surface area (Å²) in [6, 6.07) is 17.0. The molecule has 0 saturated carbocycles. The van der Waals surface area contributed by atoms with E-state index < -0.39 is 5.79 Å². The highest BCUT2D eigenvalue weighted by Crippen LogP contribution is 2.42. The van der Waals surface area contributed by atoms with Crippen molar-refractivity contribution in [3.8, 4) is 0 Å². The SMILES string of the molecule is Cc1ccccc1[C@H](CC1(C2=CC=CN(C)N2)OC=CO1)c1ccc(Br)cc1. The molecule has 0 aliphatic carbocycles. The molecule has 4 rings (SSSR count). The fourth-order valence-corrected chi connectivity index (χ4v) is 3.99. The molecule has 2 aliphatic rings. The van der Waals surface area contributed by atoms with Crippen molar-refractivity contribution in [1.82, 2.24) is 10.4 Å². The number of rotatable bonds is 5. The Labute approximate surface area is 174 Å². The molecule has 5 heteroatoms. The van der Waals surface area contributed by atoms with Gasteiger partial charge < -0.3 is 9.47 Å². The van der Waals surface area contributed by atoms with Crippen LogP contribution in [0, 0.1) is 6.92 Å². The van der Waals surface area contributed by atoms with Crippen LogP contribution in [0.1, 0.15) is 29.0 Å². The van der Waals surface area contributed by atoms with E-state index in [4.69, 9.17) is 9.47 Å². The number of nitrogens with one attached hydrogen (secondary N) is 1. The smallest absolute Gasteiger partial charge is 0.293 e. The van der Waals surface area contributed by atoms with Crippen LogP contribution in [0.15, 0.2) is 89.6 Å². The molecule has 2 aromatic rings. The fourth-order valence-electron chi connectivity index (χ4n) is 3.73. The molecule has 0 aromatic heterocycles. The van der Waals surface area contributed by atoms with Crippen LogP contribution < -0.4 is 5.43 Å². The van der Waals surface area contributed by atoms with Gasteiger partial charge in [-0.2, -0.15) is 0 Å². The van der Waals surface area contributed by atoms with E-state index in [0.29, 0.717) is 6.42 Å². The number of hydrogen-bond acceptors (Lipinski definition) is 4. The van der Waals surface area contributed by atoms with Crippen molar-refractivity contribution in [1.29, 1.82) is 0 Å². The molecule has 0 spiro atoms. The molecule has 2 aliphatic heterocycles. The summed E-state index contributed by atoms with van der Waals surface area (Å²) in [4.78, 5) is 0. The van der Waals surface area contributed by atoms with E-state index in [2.05, 4.69) is 76.8 Å². The molecule has 144 valence electrons. The number of allylic oxidation sites excluding steroid dienone is 2. The molecule has 0 saturated heterocycles. The summed E-state index contributed by atoms with van der Waals surface area (Å²) in [5.41, 5.74) is 7.95.